The summed E-state index contributed by atoms with van der Waals surface area (Å²) in [7, 11) is 3.19. The lowest BCUT2D eigenvalue weighted by Crippen LogP contribution is -2.15. The molecule has 0 unspecified atom stereocenters. The van der Waals surface area contributed by atoms with Gasteiger partial charge < -0.3 is 14.8 Å². The monoisotopic (exact) mass is 432 g/mol. The molecular formula is C25H24N2O3S. The van der Waals surface area contributed by atoms with Crippen LogP contribution in [0.2, 0.25) is 0 Å². The minimum absolute atomic E-state index is 0.0847. The van der Waals surface area contributed by atoms with Gasteiger partial charge in [0.05, 0.1) is 30.9 Å². The number of ether oxygens (including phenoxy) is 2. The topological polar surface area (TPSA) is 60.5 Å². The van der Waals surface area contributed by atoms with Crippen LogP contribution < -0.4 is 14.8 Å². The second-order valence-corrected chi connectivity index (χ2v) is 8.46. The zero-order valence-electron chi connectivity index (χ0n) is 18.0. The molecule has 1 amide bonds. The van der Waals surface area contributed by atoms with E-state index in [1.165, 1.54) is 10.3 Å². The SMILES string of the molecule is COc1cc(C)c(CC(=O)Nc2ccc(-c3nc4ccc(C)cc4s3)cc2)cc1OC. The minimum atomic E-state index is -0.0847. The molecule has 158 valence electrons. The molecule has 0 aliphatic heterocycles. The van der Waals surface area contributed by atoms with Gasteiger partial charge >= 0.3 is 0 Å². The number of benzene rings is 3. The Hall–Kier alpha value is -3.38. The maximum atomic E-state index is 12.6. The van der Waals surface area contributed by atoms with Gasteiger partial charge in [0.1, 0.15) is 5.01 Å². The average molecular weight is 433 g/mol. The molecule has 0 spiro atoms. The van der Waals surface area contributed by atoms with Gasteiger partial charge in [0.25, 0.3) is 0 Å². The predicted octanol–water partition coefficient (Wildman–Crippen LogP) is 5.78. The lowest BCUT2D eigenvalue weighted by molar-refractivity contribution is -0.115. The molecule has 4 aromatic rings. The number of carbonyl (C=O) groups is 1. The number of methoxy groups -OCH3 is 2. The summed E-state index contributed by atoms with van der Waals surface area (Å²) in [4.78, 5) is 17.3. The van der Waals surface area contributed by atoms with Crippen molar-refractivity contribution in [3.05, 3.63) is 71.3 Å². The second-order valence-electron chi connectivity index (χ2n) is 7.43. The highest BCUT2D eigenvalue weighted by atomic mass is 32.1. The number of aryl methyl sites for hydroxylation is 2. The summed E-state index contributed by atoms with van der Waals surface area (Å²) in [5.74, 6) is 1.19. The number of amides is 1. The van der Waals surface area contributed by atoms with E-state index in [4.69, 9.17) is 14.5 Å². The van der Waals surface area contributed by atoms with Crippen molar-refractivity contribution in [2.45, 2.75) is 20.3 Å². The van der Waals surface area contributed by atoms with Crippen molar-refractivity contribution in [2.24, 2.45) is 0 Å². The highest BCUT2D eigenvalue weighted by molar-refractivity contribution is 7.21. The molecule has 0 bridgehead atoms. The Balaban J connectivity index is 1.47. The summed E-state index contributed by atoms with van der Waals surface area (Å²) in [5.41, 5.74) is 5.90. The first-order valence-corrected chi connectivity index (χ1v) is 10.8. The maximum absolute atomic E-state index is 12.6. The summed E-state index contributed by atoms with van der Waals surface area (Å²) in [6.45, 7) is 4.04. The van der Waals surface area contributed by atoms with Crippen LogP contribution >= 0.6 is 11.3 Å². The fraction of sp³-hybridized carbons (Fsp3) is 0.200. The fourth-order valence-electron chi connectivity index (χ4n) is 3.44. The molecule has 0 aliphatic rings. The van der Waals surface area contributed by atoms with Crippen molar-refractivity contribution in [1.82, 2.24) is 4.98 Å². The van der Waals surface area contributed by atoms with E-state index in [0.29, 0.717) is 11.5 Å². The van der Waals surface area contributed by atoms with Crippen molar-refractivity contribution in [3.63, 3.8) is 0 Å². The van der Waals surface area contributed by atoms with Gasteiger partial charge in [-0.15, -0.1) is 11.3 Å². The number of fused-ring (bicyclic) bond motifs is 1. The quantitative estimate of drug-likeness (QED) is 0.420. The predicted molar refractivity (Wildman–Crippen MR) is 126 cm³/mol. The molecule has 0 saturated heterocycles. The first kappa shape index (κ1) is 20.9. The lowest BCUT2D eigenvalue weighted by atomic mass is 10.0. The van der Waals surface area contributed by atoms with Crippen LogP contribution in [0.5, 0.6) is 11.5 Å². The molecule has 31 heavy (non-hydrogen) atoms. The summed E-state index contributed by atoms with van der Waals surface area (Å²) in [6, 6.07) is 17.8. The smallest absolute Gasteiger partial charge is 0.228 e. The molecule has 0 saturated carbocycles. The number of hydrogen-bond donors (Lipinski definition) is 1. The van der Waals surface area contributed by atoms with Crippen LogP contribution in [0.3, 0.4) is 0 Å². The number of rotatable bonds is 6. The molecule has 4 rings (SSSR count). The third kappa shape index (κ3) is 4.54. The van der Waals surface area contributed by atoms with Crippen molar-refractivity contribution in [3.8, 4) is 22.1 Å². The van der Waals surface area contributed by atoms with Gasteiger partial charge in [-0.1, -0.05) is 6.07 Å². The standard InChI is InChI=1S/C25H24N2O3S/c1-15-5-10-20-23(11-15)31-25(27-20)17-6-8-19(9-7-17)26-24(28)14-18-13-22(30-4)21(29-3)12-16(18)2/h5-13H,14H2,1-4H3,(H,26,28). The summed E-state index contributed by atoms with van der Waals surface area (Å²) >= 11 is 1.67. The van der Waals surface area contributed by atoms with E-state index < -0.39 is 0 Å². The Kier molecular flexibility index (Phi) is 5.91. The minimum Gasteiger partial charge on any atom is -0.493 e. The number of nitrogens with zero attached hydrogens (tertiary/aromatic N) is 1. The Morgan fingerprint density at radius 3 is 2.39 bits per heavy atom. The number of thiazole rings is 1. The van der Waals surface area contributed by atoms with E-state index in [1.54, 1.807) is 25.6 Å². The fourth-order valence-corrected chi connectivity index (χ4v) is 4.51. The number of anilines is 1. The molecule has 1 aromatic heterocycles. The van der Waals surface area contributed by atoms with E-state index in [9.17, 15) is 4.79 Å². The Bertz CT molecular complexity index is 1250. The normalized spacial score (nSPS) is 10.8. The van der Waals surface area contributed by atoms with E-state index >= 15 is 0 Å². The Morgan fingerprint density at radius 1 is 0.968 bits per heavy atom. The van der Waals surface area contributed by atoms with Gasteiger partial charge in [0.2, 0.25) is 5.91 Å². The van der Waals surface area contributed by atoms with Gasteiger partial charge in [0.15, 0.2) is 11.5 Å². The highest BCUT2D eigenvalue weighted by Gasteiger charge is 2.13. The summed E-state index contributed by atoms with van der Waals surface area (Å²) in [5, 5.41) is 3.94. The van der Waals surface area contributed by atoms with E-state index in [2.05, 4.69) is 30.4 Å². The largest absolute Gasteiger partial charge is 0.493 e. The first-order chi connectivity index (χ1) is 15.0. The number of aromatic nitrogens is 1. The Labute approximate surface area is 185 Å². The zero-order valence-corrected chi connectivity index (χ0v) is 18.8. The molecular weight excluding hydrogens is 408 g/mol. The van der Waals surface area contributed by atoms with Crippen LogP contribution in [0.1, 0.15) is 16.7 Å². The number of hydrogen-bond acceptors (Lipinski definition) is 5. The maximum Gasteiger partial charge on any atom is 0.228 e. The summed E-state index contributed by atoms with van der Waals surface area (Å²) < 4.78 is 11.8. The molecule has 0 atom stereocenters. The van der Waals surface area contributed by atoms with Crippen molar-refractivity contribution >= 4 is 33.1 Å². The van der Waals surface area contributed by atoms with Crippen LogP contribution in [0.15, 0.2) is 54.6 Å². The van der Waals surface area contributed by atoms with Crippen LogP contribution in [0, 0.1) is 13.8 Å². The van der Waals surface area contributed by atoms with Gasteiger partial charge in [-0.3, -0.25) is 4.79 Å². The first-order valence-electron chi connectivity index (χ1n) is 9.96. The van der Waals surface area contributed by atoms with Gasteiger partial charge in [-0.25, -0.2) is 4.98 Å². The van der Waals surface area contributed by atoms with Gasteiger partial charge in [0, 0.05) is 11.3 Å². The van der Waals surface area contributed by atoms with Crippen molar-refractivity contribution < 1.29 is 14.3 Å². The number of carbonyl (C=O) groups excluding carboxylic acids is 1. The average Bonchev–Trinajstić information content (AvgIpc) is 3.18. The van der Waals surface area contributed by atoms with Crippen molar-refractivity contribution in [1.29, 1.82) is 0 Å². The van der Waals surface area contributed by atoms with E-state index in [1.807, 2.05) is 43.3 Å². The van der Waals surface area contributed by atoms with Crippen LogP contribution in [0.4, 0.5) is 5.69 Å². The van der Waals surface area contributed by atoms with E-state index in [-0.39, 0.29) is 12.3 Å². The van der Waals surface area contributed by atoms with Crippen LogP contribution in [-0.4, -0.2) is 25.1 Å². The molecule has 0 fully saturated rings. The van der Waals surface area contributed by atoms with Crippen molar-refractivity contribution in [2.75, 3.05) is 19.5 Å². The lowest BCUT2D eigenvalue weighted by Gasteiger charge is -2.13. The Morgan fingerprint density at radius 2 is 1.68 bits per heavy atom. The second kappa shape index (κ2) is 8.78. The molecule has 3 aromatic carbocycles. The number of nitrogens with one attached hydrogen (secondary N) is 1. The van der Waals surface area contributed by atoms with Crippen LogP contribution in [-0.2, 0) is 11.2 Å². The van der Waals surface area contributed by atoms with Gasteiger partial charge in [-0.2, -0.15) is 0 Å². The molecule has 0 radical (unpaired) electrons. The zero-order chi connectivity index (χ0) is 22.0. The molecule has 0 aliphatic carbocycles. The molecule has 1 heterocycles. The summed E-state index contributed by atoms with van der Waals surface area (Å²) in [6.07, 6.45) is 0.255. The third-order valence-electron chi connectivity index (χ3n) is 5.15. The highest BCUT2D eigenvalue weighted by Crippen LogP contribution is 2.32. The van der Waals surface area contributed by atoms with Crippen LogP contribution in [0.25, 0.3) is 20.8 Å². The van der Waals surface area contributed by atoms with E-state index in [0.717, 1.165) is 32.9 Å². The van der Waals surface area contributed by atoms with Gasteiger partial charge in [-0.05, 0) is 79.1 Å². The molecule has 5 nitrogen and oxygen atoms in total. The molecule has 1 N–H and O–H groups in total. The molecule has 6 heteroatoms. The third-order valence-corrected chi connectivity index (χ3v) is 6.22.